The van der Waals surface area contributed by atoms with E-state index in [1.165, 1.54) is 38.5 Å². The van der Waals surface area contributed by atoms with Crippen molar-refractivity contribution < 1.29 is 9.47 Å². The molecule has 0 spiro atoms. The summed E-state index contributed by atoms with van der Waals surface area (Å²) in [6, 6.07) is 7.48. The highest BCUT2D eigenvalue weighted by Crippen LogP contribution is 2.19. The van der Waals surface area contributed by atoms with Crippen molar-refractivity contribution in [2.24, 2.45) is 0 Å². The Morgan fingerprint density at radius 3 is 2.28 bits per heavy atom. The van der Waals surface area contributed by atoms with Crippen LogP contribution in [0.25, 0.3) is 0 Å². The monoisotopic (exact) mass is 249 g/mol. The zero-order valence-corrected chi connectivity index (χ0v) is 10.9. The second kappa shape index (κ2) is 7.27. The molecule has 1 aromatic rings. The van der Waals surface area contributed by atoms with Crippen LogP contribution in [-0.4, -0.2) is 19.3 Å². The van der Waals surface area contributed by atoms with Gasteiger partial charge in [0, 0.05) is 5.69 Å². The summed E-state index contributed by atoms with van der Waals surface area (Å²) in [4.78, 5) is 0. The van der Waals surface area contributed by atoms with Crippen LogP contribution in [0.1, 0.15) is 38.5 Å². The third-order valence-corrected chi connectivity index (χ3v) is 3.39. The molecular formula is C15H23NO2. The fraction of sp³-hybridized carbons (Fsp3) is 0.600. The Hall–Kier alpha value is -1.22. The second-order valence-corrected chi connectivity index (χ2v) is 4.90. The number of rotatable bonds is 5. The number of ether oxygens (including phenoxy) is 2. The molecule has 100 valence electrons. The Morgan fingerprint density at radius 2 is 1.61 bits per heavy atom. The fourth-order valence-electron chi connectivity index (χ4n) is 2.35. The molecule has 0 radical (unpaired) electrons. The first-order chi connectivity index (χ1) is 8.84. The van der Waals surface area contributed by atoms with Gasteiger partial charge in [0.25, 0.3) is 0 Å². The van der Waals surface area contributed by atoms with Crippen molar-refractivity contribution in [1.82, 2.24) is 0 Å². The highest BCUT2D eigenvalue weighted by atomic mass is 16.5. The van der Waals surface area contributed by atoms with E-state index in [1.54, 1.807) is 0 Å². The largest absolute Gasteiger partial charge is 0.491 e. The Bertz CT molecular complexity index is 329. The molecule has 2 rings (SSSR count). The van der Waals surface area contributed by atoms with E-state index in [0.29, 0.717) is 19.3 Å². The van der Waals surface area contributed by atoms with E-state index in [1.807, 2.05) is 24.3 Å². The first-order valence-corrected chi connectivity index (χ1v) is 6.94. The lowest BCUT2D eigenvalue weighted by Crippen LogP contribution is -2.16. The van der Waals surface area contributed by atoms with Crippen molar-refractivity contribution in [3.63, 3.8) is 0 Å². The highest BCUT2D eigenvalue weighted by Gasteiger charge is 2.11. The summed E-state index contributed by atoms with van der Waals surface area (Å²) >= 11 is 0. The smallest absolute Gasteiger partial charge is 0.119 e. The summed E-state index contributed by atoms with van der Waals surface area (Å²) in [7, 11) is 0. The van der Waals surface area contributed by atoms with Crippen molar-refractivity contribution >= 4 is 5.69 Å². The van der Waals surface area contributed by atoms with Gasteiger partial charge < -0.3 is 15.2 Å². The lowest BCUT2D eigenvalue weighted by molar-refractivity contribution is 0.0254. The summed E-state index contributed by atoms with van der Waals surface area (Å²) in [5, 5.41) is 0. The van der Waals surface area contributed by atoms with Gasteiger partial charge in [-0.25, -0.2) is 0 Å². The number of nitrogen functional groups attached to an aromatic ring is 1. The van der Waals surface area contributed by atoms with Crippen LogP contribution < -0.4 is 10.5 Å². The summed E-state index contributed by atoms with van der Waals surface area (Å²) in [6.45, 7) is 1.29. The van der Waals surface area contributed by atoms with Gasteiger partial charge in [-0.15, -0.1) is 0 Å². The third-order valence-electron chi connectivity index (χ3n) is 3.39. The number of hydrogen-bond donors (Lipinski definition) is 1. The summed E-state index contributed by atoms with van der Waals surface area (Å²) in [6.07, 6.45) is 8.21. The van der Waals surface area contributed by atoms with Crippen molar-refractivity contribution in [2.75, 3.05) is 18.9 Å². The van der Waals surface area contributed by atoms with Gasteiger partial charge in [-0.05, 0) is 37.1 Å². The lowest BCUT2D eigenvalue weighted by Gasteiger charge is -2.15. The van der Waals surface area contributed by atoms with Crippen LogP contribution in [0.4, 0.5) is 5.69 Å². The van der Waals surface area contributed by atoms with E-state index in [0.717, 1.165) is 11.4 Å². The fourth-order valence-corrected chi connectivity index (χ4v) is 2.35. The molecule has 0 aliphatic heterocycles. The molecule has 2 N–H and O–H groups in total. The zero-order valence-electron chi connectivity index (χ0n) is 10.9. The van der Waals surface area contributed by atoms with E-state index in [-0.39, 0.29) is 0 Å². The van der Waals surface area contributed by atoms with Crippen LogP contribution >= 0.6 is 0 Å². The third kappa shape index (κ3) is 4.57. The minimum absolute atomic E-state index is 0.447. The van der Waals surface area contributed by atoms with E-state index in [9.17, 15) is 0 Å². The van der Waals surface area contributed by atoms with Gasteiger partial charge in [0.2, 0.25) is 0 Å². The first kappa shape index (κ1) is 13.2. The van der Waals surface area contributed by atoms with Crippen molar-refractivity contribution in [3.8, 4) is 5.75 Å². The molecule has 1 aromatic carbocycles. The van der Waals surface area contributed by atoms with Crippen LogP contribution in [0.5, 0.6) is 5.75 Å². The van der Waals surface area contributed by atoms with Gasteiger partial charge in [0.05, 0.1) is 12.7 Å². The van der Waals surface area contributed by atoms with Crippen LogP contribution in [-0.2, 0) is 4.74 Å². The van der Waals surface area contributed by atoms with Gasteiger partial charge in [-0.2, -0.15) is 0 Å². The van der Waals surface area contributed by atoms with Gasteiger partial charge in [0.1, 0.15) is 12.4 Å². The van der Waals surface area contributed by atoms with Crippen molar-refractivity contribution in [1.29, 1.82) is 0 Å². The van der Waals surface area contributed by atoms with Gasteiger partial charge in [-0.3, -0.25) is 0 Å². The van der Waals surface area contributed by atoms with Crippen LogP contribution in [0, 0.1) is 0 Å². The highest BCUT2D eigenvalue weighted by molar-refractivity contribution is 5.41. The molecule has 3 nitrogen and oxygen atoms in total. The maximum Gasteiger partial charge on any atom is 0.119 e. The first-order valence-electron chi connectivity index (χ1n) is 6.94. The Balaban J connectivity index is 1.61. The van der Waals surface area contributed by atoms with E-state index in [4.69, 9.17) is 15.2 Å². The standard InChI is InChI=1S/C15H23NO2/c16-13-7-9-15(10-8-13)18-12-11-17-14-5-3-1-2-4-6-14/h7-10,14H,1-6,11-12,16H2. The molecule has 1 aliphatic rings. The SMILES string of the molecule is Nc1ccc(OCCOC2CCCCCC2)cc1. The number of nitrogens with two attached hydrogens (primary N) is 1. The quantitative estimate of drug-likeness (QED) is 0.494. The Labute approximate surface area is 109 Å². The zero-order chi connectivity index (χ0) is 12.6. The molecule has 0 atom stereocenters. The number of benzene rings is 1. The van der Waals surface area contributed by atoms with E-state index >= 15 is 0 Å². The number of anilines is 1. The molecular weight excluding hydrogens is 226 g/mol. The normalized spacial score (nSPS) is 17.3. The molecule has 1 fully saturated rings. The molecule has 3 heteroatoms. The van der Waals surface area contributed by atoms with E-state index < -0.39 is 0 Å². The van der Waals surface area contributed by atoms with Crippen LogP contribution in [0.3, 0.4) is 0 Å². The molecule has 18 heavy (non-hydrogen) atoms. The minimum atomic E-state index is 0.447. The average Bonchev–Trinajstić information content (AvgIpc) is 2.65. The molecule has 1 aliphatic carbocycles. The summed E-state index contributed by atoms with van der Waals surface area (Å²) < 4.78 is 11.5. The number of hydrogen-bond acceptors (Lipinski definition) is 3. The average molecular weight is 249 g/mol. The van der Waals surface area contributed by atoms with Crippen molar-refractivity contribution in [3.05, 3.63) is 24.3 Å². The van der Waals surface area contributed by atoms with Crippen LogP contribution in [0.2, 0.25) is 0 Å². The van der Waals surface area contributed by atoms with Gasteiger partial charge in [-0.1, -0.05) is 25.7 Å². The van der Waals surface area contributed by atoms with Crippen molar-refractivity contribution in [2.45, 2.75) is 44.6 Å². The Kier molecular flexibility index (Phi) is 5.34. The molecule has 0 bridgehead atoms. The summed E-state index contributed by atoms with van der Waals surface area (Å²) in [5.74, 6) is 0.855. The molecule has 0 heterocycles. The van der Waals surface area contributed by atoms with Crippen LogP contribution in [0.15, 0.2) is 24.3 Å². The molecule has 0 aromatic heterocycles. The second-order valence-electron chi connectivity index (χ2n) is 4.90. The lowest BCUT2D eigenvalue weighted by atomic mass is 10.1. The molecule has 1 saturated carbocycles. The Morgan fingerprint density at radius 1 is 0.944 bits per heavy atom. The molecule has 0 amide bonds. The predicted molar refractivity (Wildman–Crippen MR) is 73.8 cm³/mol. The molecule has 0 saturated heterocycles. The van der Waals surface area contributed by atoms with Gasteiger partial charge >= 0.3 is 0 Å². The minimum Gasteiger partial charge on any atom is -0.491 e. The van der Waals surface area contributed by atoms with Gasteiger partial charge in [0.15, 0.2) is 0 Å². The molecule has 0 unspecified atom stereocenters. The maximum atomic E-state index is 5.86. The predicted octanol–water partition coefficient (Wildman–Crippen LogP) is 3.39. The van der Waals surface area contributed by atoms with E-state index in [2.05, 4.69) is 0 Å². The maximum absolute atomic E-state index is 5.86. The summed E-state index contributed by atoms with van der Waals surface area (Å²) in [5.41, 5.74) is 6.37. The topological polar surface area (TPSA) is 44.5 Å².